The maximum atomic E-state index is 13.9. The molecule has 0 aliphatic carbocycles. The van der Waals surface area contributed by atoms with Gasteiger partial charge in [0.05, 0.1) is 6.10 Å². The number of halogens is 1. The molecule has 3 saturated heterocycles. The Morgan fingerprint density at radius 2 is 2.00 bits per heavy atom. The summed E-state index contributed by atoms with van der Waals surface area (Å²) in [5, 5.41) is 0. The minimum atomic E-state index is -0.127. The van der Waals surface area contributed by atoms with Crippen LogP contribution in [0.2, 0.25) is 0 Å². The van der Waals surface area contributed by atoms with Gasteiger partial charge in [0.1, 0.15) is 11.9 Å². The van der Waals surface area contributed by atoms with E-state index in [-0.39, 0.29) is 23.9 Å². The van der Waals surface area contributed by atoms with Gasteiger partial charge >= 0.3 is 0 Å². The molecule has 0 radical (unpaired) electrons. The number of ether oxygens (including phenoxy) is 1. The fourth-order valence-electron chi connectivity index (χ4n) is 4.68. The van der Waals surface area contributed by atoms with E-state index < -0.39 is 0 Å². The Morgan fingerprint density at radius 3 is 2.69 bits per heavy atom. The molecule has 6 nitrogen and oxygen atoms in total. The van der Waals surface area contributed by atoms with Crippen LogP contribution in [0.3, 0.4) is 0 Å². The Morgan fingerprint density at radius 1 is 1.17 bits per heavy atom. The Kier molecular flexibility index (Phi) is 7.13. The lowest BCUT2D eigenvalue weighted by atomic mass is 9.95. The molecule has 3 aliphatic rings. The number of carbonyl (C=O) groups is 1. The van der Waals surface area contributed by atoms with Crippen molar-refractivity contribution in [3.05, 3.63) is 35.6 Å². The van der Waals surface area contributed by atoms with Crippen LogP contribution in [-0.4, -0.2) is 67.2 Å². The van der Waals surface area contributed by atoms with Gasteiger partial charge in [0.2, 0.25) is 5.91 Å². The van der Waals surface area contributed by atoms with E-state index in [0.717, 1.165) is 70.5 Å². The van der Waals surface area contributed by atoms with E-state index in [2.05, 4.69) is 15.8 Å². The first kappa shape index (κ1) is 20.7. The number of amides is 1. The molecule has 1 amide bonds. The maximum Gasteiger partial charge on any atom is 0.241 e. The Bertz CT molecular complexity index is 669. The molecule has 0 spiro atoms. The van der Waals surface area contributed by atoms with Gasteiger partial charge in [-0.25, -0.2) is 9.82 Å². The molecule has 7 heteroatoms. The molecule has 3 fully saturated rings. The number of likely N-dealkylation sites (tertiary alicyclic amines) is 1. The van der Waals surface area contributed by atoms with Crippen molar-refractivity contribution in [3.63, 3.8) is 0 Å². The first-order chi connectivity index (χ1) is 14.2. The molecule has 1 aromatic rings. The van der Waals surface area contributed by atoms with Crippen molar-refractivity contribution in [2.75, 3.05) is 39.3 Å². The Balaban J connectivity index is 1.30. The molecule has 160 valence electrons. The number of hydrogen-bond donors (Lipinski definition) is 2. The minimum absolute atomic E-state index is 0.124. The summed E-state index contributed by atoms with van der Waals surface area (Å²) < 4.78 is 19.7. The zero-order valence-corrected chi connectivity index (χ0v) is 17.1. The van der Waals surface area contributed by atoms with Crippen molar-refractivity contribution < 1.29 is 13.9 Å². The summed E-state index contributed by atoms with van der Waals surface area (Å²) in [5.74, 6) is 0.562. The second-order valence-electron chi connectivity index (χ2n) is 8.60. The Labute approximate surface area is 172 Å². The second-order valence-corrected chi connectivity index (χ2v) is 8.60. The van der Waals surface area contributed by atoms with E-state index >= 15 is 0 Å². The van der Waals surface area contributed by atoms with Crippen LogP contribution in [-0.2, 0) is 16.1 Å². The van der Waals surface area contributed by atoms with Crippen molar-refractivity contribution in [1.29, 1.82) is 0 Å². The van der Waals surface area contributed by atoms with Gasteiger partial charge in [-0.3, -0.25) is 15.1 Å². The summed E-state index contributed by atoms with van der Waals surface area (Å²) in [7, 11) is 0. The van der Waals surface area contributed by atoms with Gasteiger partial charge in [-0.05, 0) is 57.2 Å². The van der Waals surface area contributed by atoms with Crippen LogP contribution in [0.15, 0.2) is 24.3 Å². The average molecular weight is 405 g/mol. The van der Waals surface area contributed by atoms with Gasteiger partial charge in [0.15, 0.2) is 0 Å². The van der Waals surface area contributed by atoms with Crippen molar-refractivity contribution in [1.82, 2.24) is 20.7 Å². The molecule has 2 N–H and O–H groups in total. The molecular weight excluding hydrogens is 371 g/mol. The highest BCUT2D eigenvalue weighted by atomic mass is 19.1. The van der Waals surface area contributed by atoms with Crippen molar-refractivity contribution in [3.8, 4) is 0 Å². The number of carbonyl (C=O) groups excluding carboxylic acids is 1. The molecule has 2 unspecified atom stereocenters. The normalized spacial score (nSPS) is 26.1. The van der Waals surface area contributed by atoms with Gasteiger partial charge < -0.3 is 9.64 Å². The van der Waals surface area contributed by atoms with E-state index in [0.29, 0.717) is 19.0 Å². The summed E-state index contributed by atoms with van der Waals surface area (Å²) in [6, 6.07) is 6.90. The molecule has 0 aromatic heterocycles. The van der Waals surface area contributed by atoms with Crippen LogP contribution in [0.5, 0.6) is 0 Å². The van der Waals surface area contributed by atoms with Gasteiger partial charge in [-0.2, -0.15) is 0 Å². The monoisotopic (exact) mass is 404 g/mol. The summed E-state index contributed by atoms with van der Waals surface area (Å²) in [6.45, 7) is 5.70. The van der Waals surface area contributed by atoms with E-state index in [1.54, 1.807) is 6.07 Å². The predicted octanol–water partition coefficient (Wildman–Crippen LogP) is 1.91. The van der Waals surface area contributed by atoms with Crippen LogP contribution in [0, 0.1) is 11.7 Å². The van der Waals surface area contributed by atoms with Crippen molar-refractivity contribution >= 4 is 5.91 Å². The number of nitrogens with zero attached hydrogens (tertiary/aromatic N) is 2. The number of hydrogen-bond acceptors (Lipinski definition) is 5. The number of rotatable bonds is 7. The fraction of sp³-hybridized carbons (Fsp3) is 0.682. The fourth-order valence-corrected chi connectivity index (χ4v) is 4.68. The molecule has 4 rings (SSSR count). The molecule has 3 heterocycles. The lowest BCUT2D eigenvalue weighted by Gasteiger charge is -2.36. The topological polar surface area (TPSA) is 56.8 Å². The van der Waals surface area contributed by atoms with Crippen LogP contribution in [0.4, 0.5) is 4.39 Å². The number of benzene rings is 1. The first-order valence-corrected chi connectivity index (χ1v) is 11.0. The number of hydrazine groups is 1. The third kappa shape index (κ3) is 5.54. The third-order valence-electron chi connectivity index (χ3n) is 6.43. The lowest BCUT2D eigenvalue weighted by molar-refractivity contribution is -0.135. The van der Waals surface area contributed by atoms with Gasteiger partial charge in [0, 0.05) is 38.3 Å². The lowest BCUT2D eigenvalue weighted by Crippen LogP contribution is -2.50. The summed E-state index contributed by atoms with van der Waals surface area (Å²) in [4.78, 5) is 17.4. The standard InChI is InChI=1S/C22H33FN4O2/c23-20-6-2-1-4-18(20)15-26-11-8-17(9-12-26)14-27(16-19-5-3-13-29-19)22(28)21-7-10-24-25-21/h1-2,4,6,17,19,21,24-25H,3,5,7-16H2. The average Bonchev–Trinajstić information content (AvgIpc) is 3.44. The maximum absolute atomic E-state index is 13.9. The zero-order chi connectivity index (χ0) is 20.1. The summed E-state index contributed by atoms with van der Waals surface area (Å²) >= 11 is 0. The SMILES string of the molecule is O=C(C1CCNN1)N(CC1CCN(Cc2ccccc2F)CC1)CC1CCCO1. The highest BCUT2D eigenvalue weighted by molar-refractivity contribution is 5.82. The van der Waals surface area contributed by atoms with E-state index in [9.17, 15) is 9.18 Å². The van der Waals surface area contributed by atoms with E-state index in [1.807, 2.05) is 17.0 Å². The van der Waals surface area contributed by atoms with E-state index in [4.69, 9.17) is 4.74 Å². The molecule has 29 heavy (non-hydrogen) atoms. The highest BCUT2D eigenvalue weighted by Crippen LogP contribution is 2.23. The summed E-state index contributed by atoms with van der Waals surface area (Å²) in [6.07, 6.45) is 5.22. The third-order valence-corrected chi connectivity index (χ3v) is 6.43. The second kappa shape index (κ2) is 9.98. The molecule has 2 atom stereocenters. The molecular formula is C22H33FN4O2. The van der Waals surface area contributed by atoms with Crippen molar-refractivity contribution in [2.45, 2.75) is 50.8 Å². The highest BCUT2D eigenvalue weighted by Gasteiger charge is 2.32. The van der Waals surface area contributed by atoms with E-state index in [1.165, 1.54) is 6.07 Å². The predicted molar refractivity (Wildman–Crippen MR) is 109 cm³/mol. The van der Waals surface area contributed by atoms with Gasteiger partial charge in [-0.1, -0.05) is 18.2 Å². The molecule has 0 bridgehead atoms. The molecule has 1 aromatic carbocycles. The van der Waals surface area contributed by atoms with Gasteiger partial charge in [0.25, 0.3) is 0 Å². The van der Waals surface area contributed by atoms with Gasteiger partial charge in [-0.15, -0.1) is 0 Å². The van der Waals surface area contributed by atoms with Crippen LogP contribution < -0.4 is 10.9 Å². The molecule has 3 aliphatic heterocycles. The van der Waals surface area contributed by atoms with Crippen LogP contribution in [0.25, 0.3) is 0 Å². The quantitative estimate of drug-likeness (QED) is 0.727. The summed E-state index contributed by atoms with van der Waals surface area (Å²) in [5.41, 5.74) is 6.95. The smallest absolute Gasteiger partial charge is 0.241 e. The van der Waals surface area contributed by atoms with Crippen molar-refractivity contribution in [2.24, 2.45) is 5.92 Å². The number of piperidine rings is 1. The largest absolute Gasteiger partial charge is 0.376 e. The zero-order valence-electron chi connectivity index (χ0n) is 17.1. The Hall–Kier alpha value is -1.54. The molecule has 0 saturated carbocycles. The minimum Gasteiger partial charge on any atom is -0.376 e. The van der Waals surface area contributed by atoms with Crippen LogP contribution in [0.1, 0.15) is 37.7 Å². The number of nitrogens with one attached hydrogen (secondary N) is 2. The first-order valence-electron chi connectivity index (χ1n) is 11.0. The van der Waals surface area contributed by atoms with Crippen LogP contribution >= 0.6 is 0 Å².